The first-order valence-electron chi connectivity index (χ1n) is 12.1. The first kappa shape index (κ1) is 26.7. The molecule has 37 heavy (non-hydrogen) atoms. The van der Waals surface area contributed by atoms with Crippen LogP contribution in [-0.4, -0.2) is 50.9 Å². The number of fused-ring (bicyclic) bond motifs is 1. The molecule has 1 aliphatic rings. The molecule has 0 saturated carbocycles. The van der Waals surface area contributed by atoms with Gasteiger partial charge < -0.3 is 19.1 Å². The molecule has 0 fully saturated rings. The zero-order valence-corrected chi connectivity index (χ0v) is 22.9. The molecule has 2 aromatic carbocycles. The highest BCUT2D eigenvalue weighted by atomic mass is 32.2. The Bertz CT molecular complexity index is 1360. The Hall–Kier alpha value is -3.38. The van der Waals surface area contributed by atoms with Crippen molar-refractivity contribution in [3.63, 3.8) is 0 Å². The predicted molar refractivity (Wildman–Crippen MR) is 142 cm³/mol. The third-order valence-corrected chi connectivity index (χ3v) is 7.85. The van der Waals surface area contributed by atoms with Gasteiger partial charge in [0.1, 0.15) is 5.01 Å². The number of carbonyl (C=O) groups is 1. The lowest BCUT2D eigenvalue weighted by Crippen LogP contribution is -2.35. The molecule has 3 aromatic rings. The lowest BCUT2D eigenvalue weighted by atomic mass is 10.0. The normalized spacial score (nSPS) is 13.1. The number of aromatic nitrogens is 2. The summed E-state index contributed by atoms with van der Waals surface area (Å²) in [6.07, 6.45) is 1.34. The average Bonchev–Trinajstić information content (AvgIpc) is 3.28. The smallest absolute Gasteiger partial charge is 0.263 e. The Morgan fingerprint density at radius 3 is 2.30 bits per heavy atom. The van der Waals surface area contributed by atoms with Crippen molar-refractivity contribution in [1.29, 1.82) is 0 Å². The number of nitrogens with one attached hydrogen (secondary N) is 1. The van der Waals surface area contributed by atoms with Crippen LogP contribution in [0.3, 0.4) is 0 Å². The third-order valence-electron chi connectivity index (χ3n) is 5.63. The van der Waals surface area contributed by atoms with Gasteiger partial charge in [-0.05, 0) is 76.4 Å². The molecule has 0 atom stereocenters. The maximum atomic E-state index is 13.7. The number of aryl methyl sites for hydroxylation is 2. The van der Waals surface area contributed by atoms with Gasteiger partial charge in [0.25, 0.3) is 15.9 Å². The molecule has 10 nitrogen and oxygen atoms in total. The van der Waals surface area contributed by atoms with Gasteiger partial charge in [0, 0.05) is 17.8 Å². The first-order valence-corrected chi connectivity index (χ1v) is 14.4. The minimum atomic E-state index is -3.85. The summed E-state index contributed by atoms with van der Waals surface area (Å²) in [4.78, 5) is 15.5. The maximum absolute atomic E-state index is 13.7. The highest BCUT2D eigenvalue weighted by molar-refractivity contribution is 7.93. The van der Waals surface area contributed by atoms with Crippen LogP contribution in [0.2, 0.25) is 0 Å². The van der Waals surface area contributed by atoms with E-state index >= 15 is 0 Å². The van der Waals surface area contributed by atoms with Crippen molar-refractivity contribution in [2.45, 2.75) is 45.4 Å². The Morgan fingerprint density at radius 1 is 1.03 bits per heavy atom. The van der Waals surface area contributed by atoms with Crippen LogP contribution in [0.5, 0.6) is 17.2 Å². The number of hydrogen-bond donors (Lipinski definition) is 1. The second-order valence-corrected chi connectivity index (χ2v) is 11.0. The van der Waals surface area contributed by atoms with E-state index in [1.165, 1.54) is 6.07 Å². The van der Waals surface area contributed by atoms with Gasteiger partial charge in [-0.2, -0.15) is 0 Å². The lowest BCUT2D eigenvalue weighted by Gasteiger charge is -2.30. The number of ether oxygens (including phenoxy) is 3. The molecule has 198 valence electrons. The van der Waals surface area contributed by atoms with Crippen LogP contribution in [0, 0.1) is 6.92 Å². The van der Waals surface area contributed by atoms with Crippen molar-refractivity contribution in [2.75, 3.05) is 36.0 Å². The zero-order valence-electron chi connectivity index (χ0n) is 21.2. The quantitative estimate of drug-likeness (QED) is 0.396. The monoisotopic (exact) mass is 546 g/mol. The van der Waals surface area contributed by atoms with Crippen LogP contribution in [0.1, 0.15) is 48.1 Å². The maximum Gasteiger partial charge on any atom is 0.263 e. The predicted octanol–water partition coefficient (Wildman–Crippen LogP) is 4.44. The fraction of sp³-hybridized carbons (Fsp3) is 0.400. The van der Waals surface area contributed by atoms with Gasteiger partial charge in [0.15, 0.2) is 11.5 Å². The Kier molecular flexibility index (Phi) is 8.18. The average molecular weight is 547 g/mol. The molecule has 1 aromatic heterocycles. The Labute approximate surface area is 220 Å². The van der Waals surface area contributed by atoms with Crippen molar-refractivity contribution in [2.24, 2.45) is 0 Å². The van der Waals surface area contributed by atoms with Crippen LogP contribution in [0.15, 0.2) is 35.2 Å². The van der Waals surface area contributed by atoms with E-state index in [2.05, 4.69) is 14.9 Å². The van der Waals surface area contributed by atoms with Gasteiger partial charge >= 0.3 is 0 Å². The van der Waals surface area contributed by atoms with Crippen molar-refractivity contribution in [3.8, 4) is 17.2 Å². The van der Waals surface area contributed by atoms with Gasteiger partial charge in [-0.15, -0.1) is 10.2 Å². The molecule has 0 saturated heterocycles. The largest absolute Gasteiger partial charge is 0.490 e. The van der Waals surface area contributed by atoms with Gasteiger partial charge in [-0.25, -0.2) is 8.42 Å². The molecule has 1 amide bonds. The van der Waals surface area contributed by atoms with Gasteiger partial charge in [-0.1, -0.05) is 11.3 Å². The number of sulfonamides is 1. The Morgan fingerprint density at radius 2 is 1.70 bits per heavy atom. The van der Waals surface area contributed by atoms with Crippen molar-refractivity contribution < 1.29 is 27.4 Å². The summed E-state index contributed by atoms with van der Waals surface area (Å²) < 4.78 is 45.6. The summed E-state index contributed by atoms with van der Waals surface area (Å²) in [5, 5.41) is 8.55. The Balaban J connectivity index is 1.66. The van der Waals surface area contributed by atoms with E-state index in [1.807, 2.05) is 20.8 Å². The van der Waals surface area contributed by atoms with Crippen molar-refractivity contribution in [1.82, 2.24) is 10.2 Å². The van der Waals surface area contributed by atoms with Gasteiger partial charge in [0.05, 0.1) is 24.7 Å². The number of carbonyl (C=O) groups excluding carboxylic acids is 1. The number of amides is 1. The van der Waals surface area contributed by atoms with Crippen LogP contribution < -0.4 is 23.8 Å². The number of nitrogens with zero attached hydrogens (tertiary/aromatic N) is 3. The minimum absolute atomic E-state index is 0.103. The van der Waals surface area contributed by atoms with Crippen LogP contribution in [0.25, 0.3) is 0 Å². The highest BCUT2D eigenvalue weighted by Gasteiger charge is 2.28. The summed E-state index contributed by atoms with van der Waals surface area (Å²) in [7, 11) is -3.85. The summed E-state index contributed by atoms with van der Waals surface area (Å²) in [5.74, 6) is 1.12. The summed E-state index contributed by atoms with van der Waals surface area (Å²) in [6.45, 7) is 9.06. The van der Waals surface area contributed by atoms with E-state index in [4.69, 9.17) is 14.2 Å². The summed E-state index contributed by atoms with van der Waals surface area (Å²) in [5.41, 5.74) is 1.84. The van der Waals surface area contributed by atoms with Crippen LogP contribution in [-0.2, 0) is 16.4 Å². The molecular formula is C25H30N4O6S2. The summed E-state index contributed by atoms with van der Waals surface area (Å²) >= 11 is 1.16. The molecule has 12 heteroatoms. The lowest BCUT2D eigenvalue weighted by molar-refractivity contribution is 0.0984. The zero-order chi connectivity index (χ0) is 26.6. The molecule has 1 aliphatic heterocycles. The number of benzene rings is 2. The standard InChI is InChI=1S/C25H30N4O6S2/c1-5-33-21-14-18(15-22(34-6-2)23(21)35-7-3)24(30)29-12-8-9-17-13-19(10-11-20(17)29)37(31,32)28-25-27-26-16(4)36-25/h10-11,13-15H,5-9,12H2,1-4H3,(H,27,28). The van der Waals surface area contributed by atoms with E-state index in [0.29, 0.717) is 72.7 Å². The number of anilines is 2. The fourth-order valence-electron chi connectivity index (χ4n) is 4.13. The van der Waals surface area contributed by atoms with E-state index in [9.17, 15) is 13.2 Å². The molecule has 0 unspecified atom stereocenters. The SMILES string of the molecule is CCOc1cc(C(=O)N2CCCc3cc(S(=O)(=O)Nc4nnc(C)s4)ccc32)cc(OCC)c1OCC. The minimum Gasteiger partial charge on any atom is -0.490 e. The van der Waals surface area contributed by atoms with Crippen molar-refractivity contribution in [3.05, 3.63) is 46.5 Å². The van der Waals surface area contributed by atoms with E-state index in [0.717, 1.165) is 16.9 Å². The topological polar surface area (TPSA) is 120 Å². The molecular weight excluding hydrogens is 516 g/mol. The summed E-state index contributed by atoms with van der Waals surface area (Å²) in [6, 6.07) is 8.12. The van der Waals surface area contributed by atoms with E-state index in [-0.39, 0.29) is 15.9 Å². The first-order chi connectivity index (χ1) is 17.8. The van der Waals surface area contributed by atoms with Crippen molar-refractivity contribution >= 4 is 38.1 Å². The third kappa shape index (κ3) is 5.80. The van der Waals surface area contributed by atoms with Crippen LogP contribution in [0.4, 0.5) is 10.8 Å². The molecule has 0 radical (unpaired) electrons. The second-order valence-electron chi connectivity index (χ2n) is 8.18. The number of hydrogen-bond acceptors (Lipinski definition) is 9. The number of rotatable bonds is 10. The molecule has 0 aliphatic carbocycles. The van der Waals surface area contributed by atoms with E-state index < -0.39 is 10.0 Å². The molecule has 2 heterocycles. The van der Waals surface area contributed by atoms with Crippen LogP contribution >= 0.6 is 11.3 Å². The molecule has 0 bridgehead atoms. The molecule has 1 N–H and O–H groups in total. The van der Waals surface area contributed by atoms with E-state index in [1.54, 1.807) is 36.1 Å². The van der Waals surface area contributed by atoms with Gasteiger partial charge in [0.2, 0.25) is 10.9 Å². The highest BCUT2D eigenvalue weighted by Crippen LogP contribution is 2.40. The fourth-order valence-corrected chi connectivity index (χ4v) is 6.00. The second kappa shape index (κ2) is 11.3. The van der Waals surface area contributed by atoms with Gasteiger partial charge in [-0.3, -0.25) is 9.52 Å². The molecule has 4 rings (SSSR count). The molecule has 0 spiro atoms.